The Bertz CT molecular complexity index is 758. The summed E-state index contributed by atoms with van der Waals surface area (Å²) in [6.45, 7) is 5.22. The fourth-order valence-electron chi connectivity index (χ4n) is 4.63. The molecule has 0 fully saturated rings. The quantitative estimate of drug-likeness (QED) is 0.824. The van der Waals surface area contributed by atoms with Crippen LogP contribution in [0.2, 0.25) is 0 Å². The number of hydrogen-bond acceptors (Lipinski definition) is 3. The van der Waals surface area contributed by atoms with Gasteiger partial charge >= 0.3 is 0 Å². The SMILES string of the molecule is CCCN(CCC1OCc2ccccc21)C1CCc2c(O)cccc2C1. The lowest BCUT2D eigenvalue weighted by Gasteiger charge is -2.36. The molecule has 0 spiro atoms. The summed E-state index contributed by atoms with van der Waals surface area (Å²) in [5.41, 5.74) is 5.21. The second-order valence-corrected chi connectivity index (χ2v) is 7.63. The number of ether oxygens (including phenoxy) is 1. The molecular formula is C23H29NO2. The smallest absolute Gasteiger partial charge is 0.119 e. The van der Waals surface area contributed by atoms with Crippen LogP contribution in [0.5, 0.6) is 5.75 Å². The molecule has 138 valence electrons. The molecule has 1 aliphatic heterocycles. The molecule has 1 heterocycles. The Balaban J connectivity index is 1.42. The topological polar surface area (TPSA) is 32.7 Å². The van der Waals surface area contributed by atoms with Crippen molar-refractivity contribution in [1.29, 1.82) is 0 Å². The molecule has 4 rings (SSSR count). The van der Waals surface area contributed by atoms with Crippen LogP contribution in [0.4, 0.5) is 0 Å². The number of hydrogen-bond donors (Lipinski definition) is 1. The van der Waals surface area contributed by atoms with Gasteiger partial charge in [0.2, 0.25) is 0 Å². The van der Waals surface area contributed by atoms with E-state index in [1.54, 1.807) is 0 Å². The summed E-state index contributed by atoms with van der Waals surface area (Å²) in [6.07, 6.45) is 5.63. The normalized spacial score (nSPS) is 21.6. The van der Waals surface area contributed by atoms with Crippen molar-refractivity contribution in [2.75, 3.05) is 13.1 Å². The van der Waals surface area contributed by atoms with Crippen LogP contribution in [-0.2, 0) is 24.2 Å². The maximum atomic E-state index is 10.1. The van der Waals surface area contributed by atoms with Crippen molar-refractivity contribution in [3.8, 4) is 5.75 Å². The first kappa shape index (κ1) is 17.6. The van der Waals surface area contributed by atoms with Crippen LogP contribution in [0.1, 0.15) is 54.5 Å². The first-order valence-electron chi connectivity index (χ1n) is 9.99. The van der Waals surface area contributed by atoms with Gasteiger partial charge < -0.3 is 9.84 Å². The highest BCUT2D eigenvalue weighted by Crippen LogP contribution is 2.34. The van der Waals surface area contributed by atoms with Crippen LogP contribution < -0.4 is 0 Å². The minimum absolute atomic E-state index is 0.241. The van der Waals surface area contributed by atoms with Gasteiger partial charge in [0.15, 0.2) is 0 Å². The van der Waals surface area contributed by atoms with E-state index in [0.717, 1.165) is 50.9 Å². The predicted molar refractivity (Wildman–Crippen MR) is 104 cm³/mol. The van der Waals surface area contributed by atoms with Crippen molar-refractivity contribution in [2.45, 2.75) is 57.8 Å². The van der Waals surface area contributed by atoms with Crippen LogP contribution in [-0.4, -0.2) is 29.1 Å². The Morgan fingerprint density at radius 3 is 2.81 bits per heavy atom. The molecule has 2 aromatic carbocycles. The van der Waals surface area contributed by atoms with Crippen molar-refractivity contribution < 1.29 is 9.84 Å². The molecule has 2 atom stereocenters. The molecule has 2 unspecified atom stereocenters. The average Bonchev–Trinajstić information content (AvgIpc) is 3.08. The Hall–Kier alpha value is -1.84. The van der Waals surface area contributed by atoms with Crippen molar-refractivity contribution >= 4 is 0 Å². The number of aromatic hydroxyl groups is 1. The lowest BCUT2D eigenvalue weighted by atomic mass is 9.86. The number of phenolic OH excluding ortho intramolecular Hbond substituents is 1. The van der Waals surface area contributed by atoms with E-state index < -0.39 is 0 Å². The maximum Gasteiger partial charge on any atom is 0.119 e. The van der Waals surface area contributed by atoms with Gasteiger partial charge in [0.1, 0.15) is 5.75 Å². The molecular weight excluding hydrogens is 322 g/mol. The van der Waals surface area contributed by atoms with Gasteiger partial charge in [-0.15, -0.1) is 0 Å². The van der Waals surface area contributed by atoms with Crippen molar-refractivity contribution in [3.63, 3.8) is 0 Å². The van der Waals surface area contributed by atoms with E-state index in [1.165, 1.54) is 23.1 Å². The number of rotatable bonds is 6. The highest BCUT2D eigenvalue weighted by atomic mass is 16.5. The van der Waals surface area contributed by atoms with Crippen molar-refractivity contribution in [1.82, 2.24) is 4.90 Å². The van der Waals surface area contributed by atoms with E-state index in [0.29, 0.717) is 11.8 Å². The summed E-state index contributed by atoms with van der Waals surface area (Å²) >= 11 is 0. The fraction of sp³-hybridized carbons (Fsp3) is 0.478. The Kier molecular flexibility index (Phi) is 5.28. The van der Waals surface area contributed by atoms with Crippen LogP contribution in [0.25, 0.3) is 0 Å². The van der Waals surface area contributed by atoms with Gasteiger partial charge in [0, 0.05) is 12.6 Å². The lowest BCUT2D eigenvalue weighted by molar-refractivity contribution is 0.0458. The van der Waals surface area contributed by atoms with E-state index in [2.05, 4.69) is 42.2 Å². The summed E-state index contributed by atoms with van der Waals surface area (Å²) in [6, 6.07) is 15.2. The van der Waals surface area contributed by atoms with E-state index in [9.17, 15) is 5.11 Å². The number of fused-ring (bicyclic) bond motifs is 2. The molecule has 0 amide bonds. The number of nitrogens with zero attached hydrogens (tertiary/aromatic N) is 1. The molecule has 0 saturated heterocycles. The first-order chi connectivity index (χ1) is 12.8. The first-order valence-corrected chi connectivity index (χ1v) is 9.99. The summed E-state index contributed by atoms with van der Waals surface area (Å²) in [5, 5.41) is 10.1. The molecule has 3 nitrogen and oxygen atoms in total. The van der Waals surface area contributed by atoms with E-state index in [-0.39, 0.29) is 6.10 Å². The molecule has 0 aromatic heterocycles. The molecule has 0 saturated carbocycles. The van der Waals surface area contributed by atoms with E-state index in [4.69, 9.17) is 4.74 Å². The van der Waals surface area contributed by atoms with E-state index >= 15 is 0 Å². The zero-order valence-electron chi connectivity index (χ0n) is 15.7. The van der Waals surface area contributed by atoms with Crippen LogP contribution in [0, 0.1) is 0 Å². The van der Waals surface area contributed by atoms with Gasteiger partial charge in [-0.2, -0.15) is 0 Å². The van der Waals surface area contributed by atoms with Gasteiger partial charge in [-0.1, -0.05) is 43.3 Å². The Morgan fingerprint density at radius 1 is 1.08 bits per heavy atom. The van der Waals surface area contributed by atoms with E-state index in [1.807, 2.05) is 12.1 Å². The molecule has 0 bridgehead atoms. The highest BCUT2D eigenvalue weighted by Gasteiger charge is 2.28. The Morgan fingerprint density at radius 2 is 1.92 bits per heavy atom. The van der Waals surface area contributed by atoms with Gasteiger partial charge in [-0.3, -0.25) is 4.90 Å². The molecule has 1 aliphatic carbocycles. The molecule has 2 aromatic rings. The van der Waals surface area contributed by atoms with Gasteiger partial charge in [-0.05, 0) is 67.0 Å². The monoisotopic (exact) mass is 351 g/mol. The highest BCUT2D eigenvalue weighted by molar-refractivity contribution is 5.41. The molecule has 2 aliphatic rings. The van der Waals surface area contributed by atoms with Crippen LogP contribution >= 0.6 is 0 Å². The number of phenols is 1. The maximum absolute atomic E-state index is 10.1. The molecule has 3 heteroatoms. The third-order valence-electron chi connectivity index (χ3n) is 5.98. The molecule has 1 N–H and O–H groups in total. The summed E-state index contributed by atoms with van der Waals surface area (Å²) < 4.78 is 6.05. The summed E-state index contributed by atoms with van der Waals surface area (Å²) in [5.74, 6) is 0.471. The second kappa shape index (κ2) is 7.81. The van der Waals surface area contributed by atoms with Gasteiger partial charge in [0.25, 0.3) is 0 Å². The van der Waals surface area contributed by atoms with Crippen LogP contribution in [0.3, 0.4) is 0 Å². The second-order valence-electron chi connectivity index (χ2n) is 7.63. The largest absolute Gasteiger partial charge is 0.508 e. The van der Waals surface area contributed by atoms with Crippen molar-refractivity contribution in [2.24, 2.45) is 0 Å². The molecule has 26 heavy (non-hydrogen) atoms. The average molecular weight is 351 g/mol. The fourth-order valence-corrected chi connectivity index (χ4v) is 4.63. The van der Waals surface area contributed by atoms with Crippen molar-refractivity contribution in [3.05, 3.63) is 64.7 Å². The Labute approximate surface area is 156 Å². The van der Waals surface area contributed by atoms with Gasteiger partial charge in [-0.25, -0.2) is 0 Å². The predicted octanol–water partition coefficient (Wildman–Crippen LogP) is 4.62. The zero-order chi connectivity index (χ0) is 17.9. The summed E-state index contributed by atoms with van der Waals surface area (Å²) in [4.78, 5) is 2.65. The minimum atomic E-state index is 0.241. The third kappa shape index (κ3) is 3.51. The molecule has 0 radical (unpaired) electrons. The zero-order valence-corrected chi connectivity index (χ0v) is 15.7. The standard InChI is InChI=1S/C23H29NO2/c1-2-13-24(14-12-23-21-8-4-3-6-18(21)16-26-23)19-10-11-20-17(15-19)7-5-9-22(20)25/h3-9,19,23,25H,2,10-16H2,1H3. The van der Waals surface area contributed by atoms with Crippen LogP contribution in [0.15, 0.2) is 42.5 Å². The minimum Gasteiger partial charge on any atom is -0.508 e. The third-order valence-corrected chi connectivity index (χ3v) is 5.98. The lowest BCUT2D eigenvalue weighted by Crippen LogP contribution is -2.40. The van der Waals surface area contributed by atoms with Gasteiger partial charge in [0.05, 0.1) is 12.7 Å². The number of benzene rings is 2. The summed E-state index contributed by atoms with van der Waals surface area (Å²) in [7, 11) is 0.